The van der Waals surface area contributed by atoms with Gasteiger partial charge in [0.2, 0.25) is 47.3 Å². The van der Waals surface area contributed by atoms with Crippen LogP contribution in [0.3, 0.4) is 0 Å². The molecule has 83 heavy (non-hydrogen) atoms. The van der Waals surface area contributed by atoms with Gasteiger partial charge in [0.15, 0.2) is 0 Å². The Labute approximate surface area is 488 Å². The van der Waals surface area contributed by atoms with E-state index in [0.717, 1.165) is 25.0 Å². The molecule has 9 atom stereocenters. The maximum Gasteiger partial charge on any atom is 0.315 e. The number of nitrogens with two attached hydrogens (primary N) is 1. The van der Waals surface area contributed by atoms with Crippen molar-refractivity contribution in [1.82, 2.24) is 78.1 Å². The number of aliphatic hydroxyl groups excluding tert-OH is 1. The minimum atomic E-state index is -1.55. The number of amides is 10. The molecule has 14 N–H and O–H groups in total. The molecule has 2 bridgehead atoms. The van der Waals surface area contributed by atoms with E-state index in [1.165, 1.54) is 12.5 Å². The number of ether oxygens (including phenoxy) is 3. The quantitative estimate of drug-likeness (QED) is 0.0337. The van der Waals surface area contributed by atoms with Gasteiger partial charge in [0.05, 0.1) is 69.7 Å². The number of fused-ring (bicyclic) bond motifs is 3. The molecule has 0 aliphatic carbocycles. The van der Waals surface area contributed by atoms with E-state index in [0.29, 0.717) is 101 Å². The zero-order chi connectivity index (χ0) is 60.1. The number of nitrogens with zero attached hydrogens (tertiary/aromatic N) is 4. The molecule has 30 heteroatoms. The van der Waals surface area contributed by atoms with Gasteiger partial charge in [0.1, 0.15) is 30.2 Å². The zero-order valence-corrected chi connectivity index (χ0v) is 49.0. The highest BCUT2D eigenvalue weighted by molar-refractivity contribution is 8.00. The van der Waals surface area contributed by atoms with Crippen LogP contribution in [0.4, 0.5) is 4.79 Å². The normalized spacial score (nSPS) is 24.5. The first kappa shape index (κ1) is 67.3. The number of unbranched alkanes of at least 4 members (excludes halogenated alkanes) is 1. The Bertz CT molecular complexity index is 2380. The molecule has 0 aromatic carbocycles. The number of aromatic amines is 1. The molecular formula is C53H88N16O13S. The highest BCUT2D eigenvalue weighted by Gasteiger charge is 2.42. The van der Waals surface area contributed by atoms with Gasteiger partial charge in [-0.2, -0.15) is 11.8 Å². The van der Waals surface area contributed by atoms with Gasteiger partial charge in [-0.15, -0.1) is 5.10 Å². The smallest absolute Gasteiger partial charge is 0.315 e. The Morgan fingerprint density at radius 2 is 1.47 bits per heavy atom. The maximum atomic E-state index is 14.0. The first-order valence-corrected chi connectivity index (χ1v) is 29.9. The predicted octanol–water partition coefficient (Wildman–Crippen LogP) is -2.68. The topological polar surface area (TPSA) is 407 Å². The first-order valence-electron chi connectivity index (χ1n) is 28.9. The number of thioether (sulfide) groups is 1. The summed E-state index contributed by atoms with van der Waals surface area (Å²) in [6.07, 6.45) is 9.92. The molecule has 2 saturated heterocycles. The number of hydrogen-bond donors (Lipinski definition) is 13. The second-order valence-corrected chi connectivity index (χ2v) is 22.9. The summed E-state index contributed by atoms with van der Waals surface area (Å²) < 4.78 is 18.4. The molecule has 3 aliphatic heterocycles. The van der Waals surface area contributed by atoms with Crippen molar-refractivity contribution in [2.75, 3.05) is 71.6 Å². The Kier molecular flexibility index (Phi) is 29.4. The van der Waals surface area contributed by atoms with Crippen LogP contribution in [0.5, 0.6) is 0 Å². The molecule has 0 saturated carbocycles. The summed E-state index contributed by atoms with van der Waals surface area (Å²) >= 11 is 1.87. The Morgan fingerprint density at radius 1 is 0.783 bits per heavy atom. The van der Waals surface area contributed by atoms with Crippen LogP contribution in [-0.2, 0) is 72.0 Å². The van der Waals surface area contributed by atoms with Crippen molar-refractivity contribution in [2.24, 2.45) is 17.6 Å². The molecule has 10 amide bonds. The lowest BCUT2D eigenvalue weighted by Crippen LogP contribution is -2.60. The van der Waals surface area contributed by atoms with E-state index in [9.17, 15) is 48.3 Å². The summed E-state index contributed by atoms with van der Waals surface area (Å²) in [5.74, 6) is -4.71. The van der Waals surface area contributed by atoms with Crippen LogP contribution in [0, 0.1) is 11.8 Å². The fourth-order valence-electron chi connectivity index (χ4n) is 9.43. The van der Waals surface area contributed by atoms with Gasteiger partial charge in [-0.3, -0.25) is 43.0 Å². The number of aryl methyl sites for hydroxylation is 1. The van der Waals surface area contributed by atoms with Gasteiger partial charge in [-0.05, 0) is 63.2 Å². The predicted molar refractivity (Wildman–Crippen MR) is 304 cm³/mol. The van der Waals surface area contributed by atoms with E-state index in [-0.39, 0.29) is 62.2 Å². The molecule has 5 rings (SSSR count). The summed E-state index contributed by atoms with van der Waals surface area (Å²) in [7, 11) is 0. The van der Waals surface area contributed by atoms with E-state index in [2.05, 4.69) is 73.4 Å². The summed E-state index contributed by atoms with van der Waals surface area (Å²) in [5, 5.41) is 46.3. The number of urea groups is 1. The first-order chi connectivity index (χ1) is 39.9. The van der Waals surface area contributed by atoms with Crippen LogP contribution in [0.2, 0.25) is 0 Å². The van der Waals surface area contributed by atoms with Crippen molar-refractivity contribution in [3.63, 3.8) is 0 Å². The number of carbonyl (C=O) groups excluding carboxylic acids is 9. The molecule has 29 nitrogen and oxygen atoms in total. The number of rotatable bonds is 26. The Hall–Kier alpha value is -6.47. The second kappa shape index (κ2) is 36.3. The number of aromatic nitrogens is 5. The molecule has 0 radical (unpaired) electrons. The van der Waals surface area contributed by atoms with E-state index in [4.69, 9.17) is 19.9 Å². The summed E-state index contributed by atoms with van der Waals surface area (Å²) in [6, 6.07) is -7.08. The van der Waals surface area contributed by atoms with Gasteiger partial charge < -0.3 is 83.2 Å². The third-order valence-corrected chi connectivity index (χ3v) is 15.5. The van der Waals surface area contributed by atoms with E-state index in [1.54, 1.807) is 38.6 Å². The van der Waals surface area contributed by atoms with Gasteiger partial charge in [0, 0.05) is 81.2 Å². The van der Waals surface area contributed by atoms with Crippen LogP contribution < -0.4 is 58.9 Å². The fraction of sp³-hybridized carbons (Fsp3) is 0.736. The van der Waals surface area contributed by atoms with E-state index in [1.807, 2.05) is 11.8 Å². The van der Waals surface area contributed by atoms with Gasteiger partial charge in [0.25, 0.3) is 0 Å². The molecule has 2 aromatic heterocycles. The number of imidazole rings is 1. The standard InChI is InChI=1S/C53H88N16O13S/c1-32(2)23-38-50(76)63-40(29-70)49(75)58-27-44(72)60-37(48(74)57-15-10-18-81-20-22-82-21-19-80-17-9-14-56-43(71)13-6-5-12-42-46-41(30-83-42)64-53(79)66-46)11-7-8-16-69-28-35(67-68-69)24-36(54)47(73)65-45(33(3)4)52(78)62-39(51(77)61-38)25-34-26-55-31-59-34/h26,28,31-33,36-42,45-46,70H,5-25,27,29-30,54H2,1-4H3,(H,55,59)(H,56,71)(H,57,74)(H,58,75)(H,60,72)(H,61,77)(H,62,78)(H,63,76)(H,65,73)(H2,64,66,79)/t36-,37-,38-,39-,40-,41+,42?,45-,46+/m0/s1. The summed E-state index contributed by atoms with van der Waals surface area (Å²) in [5.41, 5.74) is 7.20. The molecule has 5 heterocycles. The van der Waals surface area contributed by atoms with Crippen LogP contribution >= 0.6 is 11.8 Å². The van der Waals surface area contributed by atoms with E-state index >= 15 is 0 Å². The minimum Gasteiger partial charge on any atom is -0.394 e. The van der Waals surface area contributed by atoms with Crippen LogP contribution in [0.15, 0.2) is 18.7 Å². The summed E-state index contributed by atoms with van der Waals surface area (Å²) in [4.78, 5) is 126. The monoisotopic (exact) mass is 1190 g/mol. The van der Waals surface area contributed by atoms with Gasteiger partial charge in [-0.1, -0.05) is 39.3 Å². The lowest BCUT2D eigenvalue weighted by Gasteiger charge is -2.28. The van der Waals surface area contributed by atoms with E-state index < -0.39 is 96.7 Å². The van der Waals surface area contributed by atoms with Crippen molar-refractivity contribution in [2.45, 2.75) is 165 Å². The van der Waals surface area contributed by atoms with Crippen LogP contribution in [-0.4, -0.2) is 209 Å². The van der Waals surface area contributed by atoms with Crippen molar-refractivity contribution in [3.05, 3.63) is 30.1 Å². The molecule has 2 aromatic rings. The molecule has 2 fully saturated rings. The number of carbonyl (C=O) groups is 9. The minimum absolute atomic E-state index is 0.0170. The molecule has 3 aliphatic rings. The zero-order valence-electron chi connectivity index (χ0n) is 48.2. The lowest BCUT2D eigenvalue weighted by atomic mass is 10.00. The van der Waals surface area contributed by atoms with Gasteiger partial charge in [-0.25, -0.2) is 9.78 Å². The van der Waals surface area contributed by atoms with Gasteiger partial charge >= 0.3 is 6.03 Å². The number of H-pyrrole nitrogens is 1. The Balaban J connectivity index is 1.05. The van der Waals surface area contributed by atoms with Crippen molar-refractivity contribution in [1.29, 1.82) is 0 Å². The molecule has 464 valence electrons. The molecule has 1 unspecified atom stereocenters. The number of nitrogens with one attached hydrogen (secondary N) is 11. The van der Waals surface area contributed by atoms with Crippen molar-refractivity contribution >= 4 is 65.1 Å². The Morgan fingerprint density at radius 3 is 2.16 bits per heavy atom. The summed E-state index contributed by atoms with van der Waals surface area (Å²) in [6.45, 7) is 8.88. The highest BCUT2D eigenvalue weighted by atomic mass is 32.2. The molecular weight excluding hydrogens is 1100 g/mol. The molecule has 0 spiro atoms. The second-order valence-electron chi connectivity index (χ2n) is 21.7. The third-order valence-electron chi connectivity index (χ3n) is 13.9. The maximum absolute atomic E-state index is 14.0. The highest BCUT2D eigenvalue weighted by Crippen LogP contribution is 2.33. The largest absolute Gasteiger partial charge is 0.394 e. The average molecular weight is 1190 g/mol. The van der Waals surface area contributed by atoms with Crippen molar-refractivity contribution < 1.29 is 62.5 Å². The third kappa shape index (κ3) is 24.3. The van der Waals surface area contributed by atoms with Crippen LogP contribution in [0.1, 0.15) is 103 Å². The SMILES string of the molecule is CC(C)C[C@@H]1NC(=O)[C@H](Cc2cnc[nH]2)NC(=O)[C@H](C(C)C)NC(=O)[C@@H](N)Cc2cn(nn2)CCCC[C@@H](C(=O)NCCCOCCOCCOCCCNC(=O)CCCCC2SC[C@H]3NC(=O)N[C@@H]23)NC(=O)CNC(=O)[C@H](CO)NC1=O. The fourth-order valence-corrected chi connectivity index (χ4v) is 11.0. The van der Waals surface area contributed by atoms with Crippen molar-refractivity contribution in [3.8, 4) is 0 Å². The lowest BCUT2D eigenvalue weighted by molar-refractivity contribution is -0.135. The number of aliphatic hydroxyl groups is 1. The van der Waals surface area contributed by atoms with Crippen LogP contribution in [0.25, 0.3) is 0 Å². The average Bonchev–Trinajstić information content (AvgIpc) is 4.42. The number of hydrogen-bond acceptors (Lipinski definition) is 18.